The number of hydrogen-bond acceptors (Lipinski definition) is 0. The Morgan fingerprint density at radius 1 is 1.09 bits per heavy atom. The molecule has 0 bridgehead atoms. The maximum absolute atomic E-state index is 2.71. The fraction of sp³-hybridized carbons (Fsp3) is 0.909. The van der Waals surface area contributed by atoms with Crippen LogP contribution in [-0.4, -0.2) is 0 Å². The number of rotatable bonds is 1. The van der Waals surface area contributed by atoms with Crippen LogP contribution in [0.25, 0.3) is 0 Å². The van der Waals surface area contributed by atoms with Crippen LogP contribution in [0.4, 0.5) is 0 Å². The van der Waals surface area contributed by atoms with Crippen LogP contribution >= 0.6 is 0 Å². The third kappa shape index (κ3) is 1.56. The van der Waals surface area contributed by atoms with Crippen LogP contribution in [-0.2, 0) is 0 Å². The quantitative estimate of drug-likeness (QED) is 0.504. The Hall–Kier alpha value is -0.260. The summed E-state index contributed by atoms with van der Waals surface area (Å²) in [7, 11) is 0. The van der Waals surface area contributed by atoms with Crippen LogP contribution in [0.5, 0.6) is 0 Å². The van der Waals surface area contributed by atoms with Gasteiger partial charge in [0.05, 0.1) is 0 Å². The number of hydrogen-bond donors (Lipinski definition) is 0. The van der Waals surface area contributed by atoms with E-state index >= 15 is 0 Å². The molecule has 0 aliphatic heterocycles. The van der Waals surface area contributed by atoms with Gasteiger partial charge in [-0.1, -0.05) is 38.8 Å². The molecule has 0 spiro atoms. The molecule has 0 aromatic rings. The van der Waals surface area contributed by atoms with Gasteiger partial charge in [-0.2, -0.15) is 0 Å². The molecule has 0 amide bonds. The van der Waals surface area contributed by atoms with Crippen molar-refractivity contribution < 1.29 is 0 Å². The highest BCUT2D eigenvalue weighted by molar-refractivity contribution is 5.25. The Bertz CT molecular complexity index is 516. The molecule has 0 heterocycles. The summed E-state index contributed by atoms with van der Waals surface area (Å²) >= 11 is 0. The molecule has 0 saturated heterocycles. The highest BCUT2D eigenvalue weighted by atomic mass is 14.7. The van der Waals surface area contributed by atoms with Crippen LogP contribution < -0.4 is 0 Å². The van der Waals surface area contributed by atoms with Crippen molar-refractivity contribution >= 4 is 0 Å². The van der Waals surface area contributed by atoms with Crippen molar-refractivity contribution in [3.63, 3.8) is 0 Å². The smallest absolute Gasteiger partial charge is 0.00853 e. The SMILES string of the molecule is CC[C@H]1C2CC2[C@H]2[C@@H]3CCC4=CCCC[C@]4(C)[C@H]3CC[C@]12C. The average molecular weight is 299 g/mol. The molecule has 0 aromatic carbocycles. The topological polar surface area (TPSA) is 0 Å². The fourth-order valence-corrected chi connectivity index (χ4v) is 8.64. The van der Waals surface area contributed by atoms with Gasteiger partial charge in [0.1, 0.15) is 0 Å². The molecule has 5 rings (SSSR count). The molecule has 0 aromatic heterocycles. The lowest BCUT2D eigenvalue weighted by Gasteiger charge is -2.59. The molecule has 5 aliphatic carbocycles. The molecular weight excluding hydrogens is 264 g/mol. The summed E-state index contributed by atoms with van der Waals surface area (Å²) in [6.07, 6.45) is 16.1. The Labute approximate surface area is 137 Å². The number of fused-ring (bicyclic) bond motifs is 7. The van der Waals surface area contributed by atoms with Crippen molar-refractivity contribution in [2.24, 2.45) is 46.3 Å². The largest absolute Gasteiger partial charge is 0.0848 e. The van der Waals surface area contributed by atoms with Gasteiger partial charge < -0.3 is 0 Å². The van der Waals surface area contributed by atoms with Crippen LogP contribution in [0.1, 0.15) is 78.6 Å². The zero-order valence-corrected chi connectivity index (χ0v) is 14.9. The monoisotopic (exact) mass is 298 g/mol. The van der Waals surface area contributed by atoms with Crippen LogP contribution in [0.2, 0.25) is 0 Å². The van der Waals surface area contributed by atoms with Gasteiger partial charge in [0.15, 0.2) is 0 Å². The normalized spacial score (nSPS) is 59.0. The van der Waals surface area contributed by atoms with E-state index in [-0.39, 0.29) is 0 Å². The second kappa shape index (κ2) is 4.42. The second-order valence-corrected chi connectivity index (χ2v) is 10.00. The minimum absolute atomic E-state index is 0.594. The van der Waals surface area contributed by atoms with Crippen molar-refractivity contribution in [1.29, 1.82) is 0 Å². The van der Waals surface area contributed by atoms with E-state index in [1.165, 1.54) is 38.5 Å². The first-order valence-corrected chi connectivity index (χ1v) is 10.3. The molecule has 0 radical (unpaired) electrons. The van der Waals surface area contributed by atoms with Gasteiger partial charge in [0, 0.05) is 0 Å². The molecule has 122 valence electrons. The van der Waals surface area contributed by atoms with E-state index in [9.17, 15) is 0 Å². The fourth-order valence-electron chi connectivity index (χ4n) is 8.64. The molecule has 0 heteroatoms. The number of allylic oxidation sites excluding steroid dienone is 2. The average Bonchev–Trinajstić information content (AvgIpc) is 3.21. The predicted molar refractivity (Wildman–Crippen MR) is 92.5 cm³/mol. The summed E-state index contributed by atoms with van der Waals surface area (Å²) in [6.45, 7) is 7.85. The van der Waals surface area contributed by atoms with Gasteiger partial charge >= 0.3 is 0 Å². The summed E-state index contributed by atoms with van der Waals surface area (Å²) < 4.78 is 0. The molecule has 22 heavy (non-hydrogen) atoms. The summed E-state index contributed by atoms with van der Waals surface area (Å²) in [4.78, 5) is 0. The zero-order valence-electron chi connectivity index (χ0n) is 14.9. The van der Waals surface area contributed by atoms with Crippen molar-refractivity contribution in [1.82, 2.24) is 0 Å². The zero-order chi connectivity index (χ0) is 15.1. The third-order valence-electron chi connectivity index (χ3n) is 9.48. The maximum atomic E-state index is 2.71. The molecule has 0 nitrogen and oxygen atoms in total. The van der Waals surface area contributed by atoms with Gasteiger partial charge in [-0.25, -0.2) is 0 Å². The Morgan fingerprint density at radius 3 is 2.77 bits per heavy atom. The summed E-state index contributed by atoms with van der Waals surface area (Å²) in [5, 5.41) is 0. The molecule has 5 aliphatic rings. The minimum atomic E-state index is 0.594. The maximum Gasteiger partial charge on any atom is -0.00853 e. The lowest BCUT2D eigenvalue weighted by molar-refractivity contribution is -0.0666. The van der Waals surface area contributed by atoms with Gasteiger partial charge in [-0.05, 0) is 97.7 Å². The van der Waals surface area contributed by atoms with Crippen LogP contribution in [0.15, 0.2) is 11.6 Å². The predicted octanol–water partition coefficient (Wildman–Crippen LogP) is 6.22. The minimum Gasteiger partial charge on any atom is -0.0848 e. The van der Waals surface area contributed by atoms with E-state index < -0.39 is 0 Å². The van der Waals surface area contributed by atoms with Crippen LogP contribution in [0, 0.1) is 46.3 Å². The van der Waals surface area contributed by atoms with E-state index in [2.05, 4.69) is 26.8 Å². The van der Waals surface area contributed by atoms with Crippen LogP contribution in [0.3, 0.4) is 0 Å². The van der Waals surface area contributed by atoms with Gasteiger partial charge in [-0.3, -0.25) is 0 Å². The first-order chi connectivity index (χ1) is 10.6. The summed E-state index contributed by atoms with van der Waals surface area (Å²) in [5.41, 5.74) is 3.19. The highest BCUT2D eigenvalue weighted by Crippen LogP contribution is 2.76. The Kier molecular flexibility index (Phi) is 2.84. The van der Waals surface area contributed by atoms with Crippen molar-refractivity contribution in [3.8, 4) is 0 Å². The van der Waals surface area contributed by atoms with E-state index in [1.54, 1.807) is 19.3 Å². The van der Waals surface area contributed by atoms with E-state index in [0.29, 0.717) is 5.41 Å². The third-order valence-corrected chi connectivity index (χ3v) is 9.48. The summed E-state index contributed by atoms with van der Waals surface area (Å²) in [5.74, 6) is 6.55. The lowest BCUT2D eigenvalue weighted by Crippen LogP contribution is -2.51. The molecular formula is C22H34. The Morgan fingerprint density at radius 2 is 1.95 bits per heavy atom. The van der Waals surface area contributed by atoms with E-state index in [4.69, 9.17) is 0 Å². The summed E-state index contributed by atoms with van der Waals surface area (Å²) in [6, 6.07) is 0. The highest BCUT2D eigenvalue weighted by Gasteiger charge is 2.69. The van der Waals surface area contributed by atoms with Gasteiger partial charge in [-0.15, -0.1) is 0 Å². The molecule has 4 saturated carbocycles. The first kappa shape index (κ1) is 14.1. The molecule has 0 N–H and O–H groups in total. The molecule has 8 atom stereocenters. The second-order valence-electron chi connectivity index (χ2n) is 10.00. The van der Waals surface area contributed by atoms with Gasteiger partial charge in [0.25, 0.3) is 0 Å². The lowest BCUT2D eigenvalue weighted by atomic mass is 9.46. The van der Waals surface area contributed by atoms with Crippen molar-refractivity contribution in [3.05, 3.63) is 11.6 Å². The van der Waals surface area contributed by atoms with E-state index in [0.717, 1.165) is 40.9 Å². The molecule has 4 fully saturated rings. The standard InChI is InChI=1S/C22H34/c1-4-18-16-13-17(16)20-15-9-8-14-7-5-6-11-21(14,2)19(15)10-12-22(18,20)3/h7,15-20H,4-6,8-13H2,1-3H3/t15-,16?,17?,18+,19+,20-,21+,22-/m1/s1. The van der Waals surface area contributed by atoms with Gasteiger partial charge in [0.2, 0.25) is 0 Å². The van der Waals surface area contributed by atoms with Crippen molar-refractivity contribution in [2.45, 2.75) is 78.6 Å². The van der Waals surface area contributed by atoms with E-state index in [1.807, 2.05) is 5.57 Å². The molecule has 2 unspecified atom stereocenters. The first-order valence-electron chi connectivity index (χ1n) is 10.3. The van der Waals surface area contributed by atoms with Crippen molar-refractivity contribution in [2.75, 3.05) is 0 Å². The Balaban J connectivity index is 1.52.